The van der Waals surface area contributed by atoms with Crippen LogP contribution in [0.25, 0.3) is 0 Å². The topological polar surface area (TPSA) is 65.0 Å². The van der Waals surface area contributed by atoms with Crippen LogP contribution in [-0.2, 0) is 19.0 Å². The number of carbonyl (C=O) groups excluding carboxylic acids is 1. The molecule has 0 aromatic carbocycles. The van der Waals surface area contributed by atoms with Crippen LogP contribution in [0.5, 0.6) is 0 Å². The average Bonchev–Trinajstić information content (AvgIpc) is 3.25. The summed E-state index contributed by atoms with van der Waals surface area (Å²) < 4.78 is 57.7. The van der Waals surface area contributed by atoms with Crippen molar-refractivity contribution >= 4 is 5.97 Å². The highest BCUT2D eigenvalue weighted by Crippen LogP contribution is 2.66. The molecule has 7 rings (SSSR count). The number of carbonyl (C=O) groups is 1. The highest BCUT2D eigenvalue weighted by Gasteiger charge is 2.71. The number of hydrogen-bond acceptors (Lipinski definition) is 5. The van der Waals surface area contributed by atoms with E-state index in [2.05, 4.69) is 18.6 Å². The minimum Gasteiger partial charge on any atom is -0.459 e. The molecule has 180 valence electrons. The summed E-state index contributed by atoms with van der Waals surface area (Å²) in [6, 6.07) is 0. The predicted octanol–water partition coefficient (Wildman–Crippen LogP) is 4.42. The van der Waals surface area contributed by atoms with Crippen LogP contribution in [0.4, 0.5) is 13.2 Å². The molecule has 1 saturated heterocycles. The maximum Gasteiger partial charge on any atom is 0.443 e. The normalized spacial score (nSPS) is 56.2. The number of alkyl halides is 3. The third-order valence-electron chi connectivity index (χ3n) is 10.6. The van der Waals surface area contributed by atoms with Crippen LogP contribution in [0.3, 0.4) is 0 Å². The van der Waals surface area contributed by atoms with Gasteiger partial charge in [0.2, 0.25) is 0 Å². The van der Waals surface area contributed by atoms with Crippen LogP contribution < -0.4 is 0 Å². The van der Waals surface area contributed by atoms with Crippen LogP contribution in [0.1, 0.15) is 65.2 Å². The summed E-state index contributed by atoms with van der Waals surface area (Å²) in [7, 11) is 0. The molecule has 8 atom stereocenters. The Bertz CT molecular complexity index is 796. The van der Waals surface area contributed by atoms with E-state index in [-0.39, 0.29) is 23.7 Å². The first-order valence-electron chi connectivity index (χ1n) is 12.3. The highest BCUT2D eigenvalue weighted by molar-refractivity contribution is 5.74. The zero-order valence-electron chi connectivity index (χ0n) is 18.7. The minimum atomic E-state index is -4.88. The van der Waals surface area contributed by atoms with Crippen molar-refractivity contribution in [2.75, 3.05) is 6.79 Å². The summed E-state index contributed by atoms with van der Waals surface area (Å²) in [5.41, 5.74) is -1.65. The third kappa shape index (κ3) is 2.84. The lowest BCUT2D eigenvalue weighted by Gasteiger charge is -2.66. The SMILES string of the molecule is CC1C2CC(C(=O)OC34CC5CC(C3)C3(CC(O)(C(F)(F)F)OCO3)C(C5)C4)C(C2)C1C. The van der Waals surface area contributed by atoms with Crippen LogP contribution in [0.15, 0.2) is 0 Å². The van der Waals surface area contributed by atoms with Crippen molar-refractivity contribution in [3.8, 4) is 0 Å². The number of aliphatic hydroxyl groups is 1. The van der Waals surface area contributed by atoms with Gasteiger partial charge < -0.3 is 19.3 Å². The van der Waals surface area contributed by atoms with Gasteiger partial charge in [0, 0.05) is 6.42 Å². The fraction of sp³-hybridized carbons (Fsp3) is 0.958. The largest absolute Gasteiger partial charge is 0.459 e. The smallest absolute Gasteiger partial charge is 0.443 e. The molecular formula is C24H33F3O5. The first kappa shape index (κ1) is 21.7. The van der Waals surface area contributed by atoms with Gasteiger partial charge in [-0.1, -0.05) is 13.8 Å². The fourth-order valence-electron chi connectivity index (χ4n) is 9.03. The van der Waals surface area contributed by atoms with Gasteiger partial charge in [-0.05, 0) is 86.4 Å². The number of esters is 1. The van der Waals surface area contributed by atoms with Crippen molar-refractivity contribution in [3.63, 3.8) is 0 Å². The van der Waals surface area contributed by atoms with E-state index in [0.29, 0.717) is 42.4 Å². The molecule has 1 aliphatic heterocycles. The monoisotopic (exact) mass is 458 g/mol. The Balaban J connectivity index is 1.22. The maximum atomic E-state index is 13.6. The Labute approximate surface area is 186 Å². The Morgan fingerprint density at radius 3 is 2.28 bits per heavy atom. The van der Waals surface area contributed by atoms with Crippen LogP contribution in [-0.4, -0.2) is 41.0 Å². The van der Waals surface area contributed by atoms with Gasteiger partial charge >= 0.3 is 12.1 Å². The van der Waals surface area contributed by atoms with E-state index in [1.54, 1.807) is 0 Å². The van der Waals surface area contributed by atoms with Gasteiger partial charge in [-0.15, -0.1) is 0 Å². The number of fused-ring (bicyclic) bond motifs is 2. The molecule has 5 nitrogen and oxygen atoms in total. The van der Waals surface area contributed by atoms with Gasteiger partial charge in [0.1, 0.15) is 5.60 Å². The molecule has 6 bridgehead atoms. The number of hydrogen-bond donors (Lipinski definition) is 1. The second-order valence-corrected chi connectivity index (χ2v) is 12.0. The quantitative estimate of drug-likeness (QED) is 0.621. The summed E-state index contributed by atoms with van der Waals surface area (Å²) in [5, 5.41) is 10.3. The van der Waals surface area contributed by atoms with Crippen LogP contribution >= 0.6 is 0 Å². The molecule has 1 heterocycles. The molecule has 6 aliphatic carbocycles. The molecular weight excluding hydrogens is 425 g/mol. The lowest BCUT2D eigenvalue weighted by Crippen LogP contribution is -2.70. The molecule has 7 aliphatic rings. The number of ether oxygens (including phenoxy) is 3. The fourth-order valence-corrected chi connectivity index (χ4v) is 9.03. The molecule has 6 saturated carbocycles. The molecule has 8 heteroatoms. The van der Waals surface area contributed by atoms with Gasteiger partial charge in [0.15, 0.2) is 6.79 Å². The van der Waals surface area contributed by atoms with E-state index >= 15 is 0 Å². The number of rotatable bonds is 2. The van der Waals surface area contributed by atoms with E-state index in [1.165, 1.54) is 0 Å². The molecule has 8 unspecified atom stereocenters. The molecule has 0 aromatic heterocycles. The Hall–Kier alpha value is -0.860. The van der Waals surface area contributed by atoms with Crippen molar-refractivity contribution in [1.82, 2.24) is 0 Å². The van der Waals surface area contributed by atoms with Gasteiger partial charge in [-0.2, -0.15) is 13.2 Å². The van der Waals surface area contributed by atoms with Crippen LogP contribution in [0, 0.1) is 47.3 Å². The minimum absolute atomic E-state index is 0.0391. The summed E-state index contributed by atoms with van der Waals surface area (Å²) in [5.74, 6) is -1.14. The molecule has 0 radical (unpaired) electrons. The number of halogens is 3. The molecule has 1 spiro atoms. The average molecular weight is 459 g/mol. The van der Waals surface area contributed by atoms with Gasteiger partial charge in [0.25, 0.3) is 5.79 Å². The van der Waals surface area contributed by atoms with Crippen molar-refractivity contribution in [1.29, 1.82) is 0 Å². The van der Waals surface area contributed by atoms with E-state index in [1.807, 2.05) is 0 Å². The Morgan fingerprint density at radius 1 is 1.00 bits per heavy atom. The molecule has 32 heavy (non-hydrogen) atoms. The Kier molecular flexibility index (Phi) is 4.49. The van der Waals surface area contributed by atoms with Crippen LogP contribution in [0.2, 0.25) is 0 Å². The summed E-state index contributed by atoms with van der Waals surface area (Å²) in [4.78, 5) is 13.3. The maximum absolute atomic E-state index is 13.6. The van der Waals surface area contributed by atoms with E-state index < -0.39 is 36.4 Å². The van der Waals surface area contributed by atoms with Crippen molar-refractivity contribution < 1.29 is 37.3 Å². The van der Waals surface area contributed by atoms with E-state index in [9.17, 15) is 23.1 Å². The molecule has 0 amide bonds. The summed E-state index contributed by atoms with van der Waals surface area (Å²) in [6.45, 7) is 3.96. The van der Waals surface area contributed by atoms with Crippen molar-refractivity contribution in [3.05, 3.63) is 0 Å². The second-order valence-electron chi connectivity index (χ2n) is 12.0. The first-order chi connectivity index (χ1) is 15.0. The molecule has 1 N–H and O–H groups in total. The second kappa shape index (κ2) is 6.63. The molecule has 0 aromatic rings. The standard InChI is InChI=1S/C24H33F3O5/c1-12-13(2)18-5-15(12)6-19(18)20(28)32-21-7-14-3-16(8-21)22(17(4-14)9-21)10-23(29,24(25,26)27)31-11-30-22/h12-19,29H,3-11H2,1-2H3. The molecule has 7 fully saturated rings. The van der Waals surface area contributed by atoms with Gasteiger partial charge in [-0.3, -0.25) is 4.79 Å². The predicted molar refractivity (Wildman–Crippen MR) is 106 cm³/mol. The summed E-state index contributed by atoms with van der Waals surface area (Å²) in [6.07, 6.45) is -0.109. The van der Waals surface area contributed by atoms with E-state index in [4.69, 9.17) is 9.47 Å². The highest BCUT2D eigenvalue weighted by atomic mass is 19.4. The third-order valence-corrected chi connectivity index (χ3v) is 10.6. The van der Waals surface area contributed by atoms with Gasteiger partial charge in [0.05, 0.1) is 11.5 Å². The van der Waals surface area contributed by atoms with E-state index in [0.717, 1.165) is 32.1 Å². The Morgan fingerprint density at radius 2 is 1.69 bits per heavy atom. The summed E-state index contributed by atoms with van der Waals surface area (Å²) >= 11 is 0. The lowest BCUT2D eigenvalue weighted by atomic mass is 9.47. The van der Waals surface area contributed by atoms with Crippen molar-refractivity contribution in [2.24, 2.45) is 47.3 Å². The first-order valence-corrected chi connectivity index (χ1v) is 12.3. The lowest BCUT2D eigenvalue weighted by molar-refractivity contribution is -0.444. The zero-order valence-corrected chi connectivity index (χ0v) is 18.7. The zero-order chi connectivity index (χ0) is 22.7. The van der Waals surface area contributed by atoms with Gasteiger partial charge in [-0.25, -0.2) is 0 Å². The van der Waals surface area contributed by atoms with Crippen molar-refractivity contribution in [2.45, 2.75) is 88.4 Å².